The zero-order chi connectivity index (χ0) is 11.6. The van der Waals surface area contributed by atoms with Crippen LogP contribution >= 0.6 is 0 Å². The Labute approximate surface area is 98.9 Å². The molecule has 0 aromatic heterocycles. The van der Waals surface area contributed by atoms with Gasteiger partial charge in [0.2, 0.25) is 0 Å². The molecule has 2 aliphatic heterocycles. The number of hydrogen-bond donors (Lipinski definition) is 1. The Morgan fingerprint density at radius 1 is 1.38 bits per heavy atom. The van der Waals surface area contributed by atoms with Gasteiger partial charge in [0.25, 0.3) is 0 Å². The van der Waals surface area contributed by atoms with E-state index in [2.05, 4.69) is 12.2 Å². The highest BCUT2D eigenvalue weighted by Gasteiger charge is 2.31. The topological polar surface area (TPSA) is 46.2 Å². The third kappa shape index (κ3) is 3.20. The van der Waals surface area contributed by atoms with E-state index in [0.29, 0.717) is 17.4 Å². The maximum atomic E-state index is 11.4. The van der Waals surface area contributed by atoms with Crippen molar-refractivity contribution in [1.29, 1.82) is 0 Å². The smallest absolute Gasteiger partial charge is 0.150 e. The quantitative estimate of drug-likeness (QED) is 0.823. The van der Waals surface area contributed by atoms with Gasteiger partial charge in [0, 0.05) is 5.54 Å². The molecule has 16 heavy (non-hydrogen) atoms. The number of hydrogen-bond acceptors (Lipinski definition) is 3. The van der Waals surface area contributed by atoms with Crippen LogP contribution in [0.3, 0.4) is 0 Å². The summed E-state index contributed by atoms with van der Waals surface area (Å²) in [6.07, 6.45) is 6.93. The van der Waals surface area contributed by atoms with E-state index in [1.165, 1.54) is 19.3 Å². The van der Waals surface area contributed by atoms with Gasteiger partial charge in [-0.2, -0.15) is 0 Å². The second-order valence-corrected chi connectivity index (χ2v) is 7.98. The molecule has 0 aromatic carbocycles. The van der Waals surface area contributed by atoms with Gasteiger partial charge in [-0.15, -0.1) is 0 Å². The highest BCUT2D eigenvalue weighted by molar-refractivity contribution is 7.91. The summed E-state index contributed by atoms with van der Waals surface area (Å²) < 4.78 is 22.7. The first kappa shape index (κ1) is 12.4. The Morgan fingerprint density at radius 3 is 2.75 bits per heavy atom. The largest absolute Gasteiger partial charge is 0.312 e. The second-order valence-electron chi connectivity index (χ2n) is 5.75. The number of rotatable bonds is 3. The fraction of sp³-hybridized carbons (Fsp3) is 1.00. The second kappa shape index (κ2) is 4.65. The molecule has 0 aromatic rings. The van der Waals surface area contributed by atoms with Gasteiger partial charge >= 0.3 is 0 Å². The molecule has 0 amide bonds. The van der Waals surface area contributed by atoms with Crippen molar-refractivity contribution < 1.29 is 8.42 Å². The fourth-order valence-electron chi connectivity index (χ4n) is 2.95. The molecule has 0 aliphatic carbocycles. The Morgan fingerprint density at radius 2 is 2.19 bits per heavy atom. The van der Waals surface area contributed by atoms with E-state index in [4.69, 9.17) is 0 Å². The van der Waals surface area contributed by atoms with Gasteiger partial charge in [0.1, 0.15) is 0 Å². The van der Waals surface area contributed by atoms with Crippen LogP contribution in [-0.2, 0) is 9.84 Å². The molecule has 0 bridgehead atoms. The molecular weight excluding hydrogens is 222 g/mol. The van der Waals surface area contributed by atoms with Crippen LogP contribution in [0.1, 0.15) is 45.4 Å². The lowest BCUT2D eigenvalue weighted by atomic mass is 9.84. The normalized spacial score (nSPS) is 38.7. The first-order valence-electron chi connectivity index (χ1n) is 6.45. The molecule has 2 aliphatic rings. The molecule has 2 heterocycles. The van der Waals surface area contributed by atoms with Crippen LogP contribution in [-0.4, -0.2) is 32.0 Å². The van der Waals surface area contributed by atoms with E-state index >= 15 is 0 Å². The van der Waals surface area contributed by atoms with Crippen molar-refractivity contribution in [1.82, 2.24) is 5.32 Å². The summed E-state index contributed by atoms with van der Waals surface area (Å²) >= 11 is 0. The van der Waals surface area contributed by atoms with Gasteiger partial charge in [-0.25, -0.2) is 8.42 Å². The van der Waals surface area contributed by atoms with Gasteiger partial charge in [-0.3, -0.25) is 0 Å². The van der Waals surface area contributed by atoms with Crippen molar-refractivity contribution in [2.45, 2.75) is 51.0 Å². The minimum Gasteiger partial charge on any atom is -0.312 e. The summed E-state index contributed by atoms with van der Waals surface area (Å²) in [5.41, 5.74) is 0.268. The minimum atomic E-state index is -2.69. The molecule has 2 fully saturated rings. The lowest BCUT2D eigenvalue weighted by Crippen LogP contribution is -2.46. The standard InChI is InChI=1S/C12H23NO2S/c1-12(6-2-3-8-13-12)7-4-11-5-9-16(14,15)10-11/h11,13H,2-10H2,1H3. The first-order valence-corrected chi connectivity index (χ1v) is 8.27. The molecule has 2 rings (SSSR count). The average Bonchev–Trinajstić information content (AvgIpc) is 2.57. The minimum absolute atomic E-state index is 0.268. The highest BCUT2D eigenvalue weighted by Crippen LogP contribution is 2.29. The van der Waals surface area contributed by atoms with Crippen LogP contribution in [0.2, 0.25) is 0 Å². The van der Waals surface area contributed by atoms with E-state index in [0.717, 1.165) is 25.8 Å². The highest BCUT2D eigenvalue weighted by atomic mass is 32.2. The fourth-order valence-corrected chi connectivity index (χ4v) is 4.87. The van der Waals surface area contributed by atoms with Crippen LogP contribution in [0.15, 0.2) is 0 Å². The zero-order valence-electron chi connectivity index (χ0n) is 10.2. The molecular formula is C12H23NO2S. The van der Waals surface area contributed by atoms with Gasteiger partial charge < -0.3 is 5.32 Å². The molecule has 2 saturated heterocycles. The van der Waals surface area contributed by atoms with Crippen molar-refractivity contribution in [3.05, 3.63) is 0 Å². The van der Waals surface area contributed by atoms with Crippen molar-refractivity contribution in [3.63, 3.8) is 0 Å². The Hall–Kier alpha value is -0.0900. The zero-order valence-corrected chi connectivity index (χ0v) is 11.0. The maximum Gasteiger partial charge on any atom is 0.150 e. The third-order valence-electron chi connectivity index (χ3n) is 4.14. The van der Waals surface area contributed by atoms with Crippen LogP contribution in [0.4, 0.5) is 0 Å². The molecule has 0 spiro atoms. The summed E-state index contributed by atoms with van der Waals surface area (Å²) in [5.74, 6) is 1.27. The molecule has 0 saturated carbocycles. The van der Waals surface area contributed by atoms with E-state index in [1.807, 2.05) is 0 Å². The summed E-state index contributed by atoms with van der Waals surface area (Å²) in [7, 11) is -2.69. The monoisotopic (exact) mass is 245 g/mol. The van der Waals surface area contributed by atoms with Crippen LogP contribution < -0.4 is 5.32 Å². The van der Waals surface area contributed by atoms with Crippen LogP contribution in [0.5, 0.6) is 0 Å². The van der Waals surface area contributed by atoms with E-state index in [-0.39, 0.29) is 5.54 Å². The average molecular weight is 245 g/mol. The Bertz CT molecular complexity index is 331. The molecule has 0 radical (unpaired) electrons. The third-order valence-corrected chi connectivity index (χ3v) is 5.98. The van der Waals surface area contributed by atoms with Gasteiger partial charge in [-0.05, 0) is 51.5 Å². The van der Waals surface area contributed by atoms with E-state index < -0.39 is 9.84 Å². The van der Waals surface area contributed by atoms with Gasteiger partial charge in [0.05, 0.1) is 11.5 Å². The van der Waals surface area contributed by atoms with Crippen molar-refractivity contribution in [2.24, 2.45) is 5.92 Å². The Kier molecular flexibility index (Phi) is 3.59. The first-order chi connectivity index (χ1) is 7.49. The van der Waals surface area contributed by atoms with E-state index in [1.54, 1.807) is 0 Å². The van der Waals surface area contributed by atoms with Crippen LogP contribution in [0, 0.1) is 5.92 Å². The summed E-state index contributed by atoms with van der Waals surface area (Å²) in [6, 6.07) is 0. The van der Waals surface area contributed by atoms with Gasteiger partial charge in [0.15, 0.2) is 9.84 Å². The number of sulfone groups is 1. The van der Waals surface area contributed by atoms with Crippen molar-refractivity contribution >= 4 is 9.84 Å². The number of piperidine rings is 1. The summed E-state index contributed by atoms with van der Waals surface area (Å²) in [6.45, 7) is 3.41. The molecule has 4 heteroatoms. The predicted octanol–water partition coefficient (Wildman–Crippen LogP) is 1.73. The number of nitrogens with one attached hydrogen (secondary N) is 1. The summed E-state index contributed by atoms with van der Waals surface area (Å²) in [5, 5.41) is 3.59. The van der Waals surface area contributed by atoms with Crippen LogP contribution in [0.25, 0.3) is 0 Å². The molecule has 1 N–H and O–H groups in total. The summed E-state index contributed by atoms with van der Waals surface area (Å²) in [4.78, 5) is 0. The van der Waals surface area contributed by atoms with E-state index in [9.17, 15) is 8.42 Å². The Balaban J connectivity index is 1.79. The molecule has 2 unspecified atom stereocenters. The van der Waals surface area contributed by atoms with Crippen molar-refractivity contribution in [3.8, 4) is 0 Å². The van der Waals surface area contributed by atoms with Gasteiger partial charge in [-0.1, -0.05) is 6.42 Å². The SMILES string of the molecule is CC1(CCC2CCS(=O)(=O)C2)CCCCN1. The lowest BCUT2D eigenvalue weighted by Gasteiger charge is -2.35. The molecule has 2 atom stereocenters. The molecule has 94 valence electrons. The predicted molar refractivity (Wildman–Crippen MR) is 66.3 cm³/mol. The maximum absolute atomic E-state index is 11.4. The molecule has 3 nitrogen and oxygen atoms in total. The van der Waals surface area contributed by atoms with Crippen molar-refractivity contribution in [2.75, 3.05) is 18.1 Å². The lowest BCUT2D eigenvalue weighted by molar-refractivity contribution is 0.244.